The fourth-order valence-corrected chi connectivity index (χ4v) is 1.01. The fraction of sp³-hybridized carbons (Fsp3) is 0.625. The normalized spacial score (nSPS) is 12.2. The highest BCUT2D eigenvalue weighted by molar-refractivity contribution is 5.33. The van der Waals surface area contributed by atoms with Gasteiger partial charge in [-0.2, -0.15) is 15.0 Å². The van der Waals surface area contributed by atoms with E-state index in [4.69, 9.17) is 15.6 Å². The number of anilines is 2. The summed E-state index contributed by atoms with van der Waals surface area (Å²) >= 11 is 0. The summed E-state index contributed by atoms with van der Waals surface area (Å²) in [6.07, 6.45) is 0.605. The molecule has 1 atom stereocenters. The second kappa shape index (κ2) is 5.30. The molecule has 7 heteroatoms. The molecular formula is C8H15N5O2. The SMILES string of the molecule is COc1nc(N)nc(NC(C)CCO)n1. The lowest BCUT2D eigenvalue weighted by Gasteiger charge is -2.12. The van der Waals surface area contributed by atoms with Crippen LogP contribution in [0, 0.1) is 0 Å². The van der Waals surface area contributed by atoms with Gasteiger partial charge in [-0.15, -0.1) is 0 Å². The van der Waals surface area contributed by atoms with Gasteiger partial charge in [-0.25, -0.2) is 0 Å². The number of nitrogens with zero attached hydrogens (tertiary/aromatic N) is 3. The van der Waals surface area contributed by atoms with Gasteiger partial charge < -0.3 is 20.9 Å². The minimum Gasteiger partial charge on any atom is -0.467 e. The van der Waals surface area contributed by atoms with Gasteiger partial charge in [0.15, 0.2) is 0 Å². The van der Waals surface area contributed by atoms with E-state index in [9.17, 15) is 0 Å². The third-order valence-electron chi connectivity index (χ3n) is 1.75. The molecule has 1 heterocycles. The van der Waals surface area contributed by atoms with E-state index >= 15 is 0 Å². The van der Waals surface area contributed by atoms with Crippen molar-refractivity contribution in [2.45, 2.75) is 19.4 Å². The highest BCUT2D eigenvalue weighted by Crippen LogP contribution is 2.09. The van der Waals surface area contributed by atoms with Crippen LogP contribution in [-0.4, -0.2) is 39.8 Å². The van der Waals surface area contributed by atoms with Crippen LogP contribution < -0.4 is 15.8 Å². The standard InChI is InChI=1S/C8H15N5O2/c1-5(3-4-14)10-7-11-6(9)12-8(13-7)15-2/h5,14H,3-4H2,1-2H3,(H3,9,10,11,12,13). The summed E-state index contributed by atoms with van der Waals surface area (Å²) < 4.78 is 4.85. The minimum atomic E-state index is 0.0570. The number of nitrogens with one attached hydrogen (secondary N) is 1. The Morgan fingerprint density at radius 2 is 2.20 bits per heavy atom. The van der Waals surface area contributed by atoms with Gasteiger partial charge in [-0.1, -0.05) is 0 Å². The number of hydrogen-bond acceptors (Lipinski definition) is 7. The summed E-state index contributed by atoms with van der Waals surface area (Å²) in [4.78, 5) is 11.6. The minimum absolute atomic E-state index is 0.0570. The highest BCUT2D eigenvalue weighted by atomic mass is 16.5. The molecule has 0 aliphatic carbocycles. The molecule has 84 valence electrons. The van der Waals surface area contributed by atoms with Gasteiger partial charge >= 0.3 is 6.01 Å². The maximum atomic E-state index is 8.73. The molecule has 0 fully saturated rings. The first-order valence-electron chi connectivity index (χ1n) is 4.58. The maximum Gasteiger partial charge on any atom is 0.322 e. The number of nitrogens with two attached hydrogens (primary N) is 1. The summed E-state index contributed by atoms with van der Waals surface area (Å²) in [5, 5.41) is 11.7. The molecule has 7 nitrogen and oxygen atoms in total. The molecule has 1 unspecified atom stereocenters. The van der Waals surface area contributed by atoms with E-state index in [2.05, 4.69) is 20.3 Å². The van der Waals surface area contributed by atoms with Crippen LogP contribution in [0.3, 0.4) is 0 Å². The Hall–Kier alpha value is -1.63. The van der Waals surface area contributed by atoms with E-state index in [1.54, 1.807) is 0 Å². The van der Waals surface area contributed by atoms with Gasteiger partial charge in [0.1, 0.15) is 0 Å². The van der Waals surface area contributed by atoms with Crippen LogP contribution in [0.2, 0.25) is 0 Å². The maximum absolute atomic E-state index is 8.73. The van der Waals surface area contributed by atoms with Gasteiger partial charge in [-0.3, -0.25) is 0 Å². The number of aromatic nitrogens is 3. The molecule has 0 aromatic carbocycles. The van der Waals surface area contributed by atoms with Crippen LogP contribution in [0.1, 0.15) is 13.3 Å². The summed E-state index contributed by atoms with van der Waals surface area (Å²) in [6, 6.07) is 0.225. The van der Waals surface area contributed by atoms with Crippen molar-refractivity contribution in [1.29, 1.82) is 0 Å². The second-order valence-electron chi connectivity index (χ2n) is 3.06. The molecule has 15 heavy (non-hydrogen) atoms. The van der Waals surface area contributed by atoms with Crippen molar-refractivity contribution in [3.63, 3.8) is 0 Å². The molecule has 0 radical (unpaired) electrons. The van der Waals surface area contributed by atoms with E-state index in [0.717, 1.165) is 0 Å². The average Bonchev–Trinajstić information content (AvgIpc) is 2.17. The van der Waals surface area contributed by atoms with Crippen molar-refractivity contribution < 1.29 is 9.84 Å². The summed E-state index contributed by atoms with van der Waals surface area (Å²) in [7, 11) is 1.45. The Labute approximate surface area is 87.7 Å². The number of nitrogen functional groups attached to an aromatic ring is 1. The van der Waals surface area contributed by atoms with Gasteiger partial charge in [-0.05, 0) is 13.3 Å². The Morgan fingerprint density at radius 1 is 1.47 bits per heavy atom. The van der Waals surface area contributed by atoms with Crippen LogP contribution in [0.25, 0.3) is 0 Å². The van der Waals surface area contributed by atoms with Crippen molar-refractivity contribution in [1.82, 2.24) is 15.0 Å². The van der Waals surface area contributed by atoms with E-state index in [1.807, 2.05) is 6.92 Å². The van der Waals surface area contributed by atoms with Gasteiger partial charge in [0, 0.05) is 12.6 Å². The fourth-order valence-electron chi connectivity index (χ4n) is 1.01. The summed E-state index contributed by atoms with van der Waals surface area (Å²) in [6.45, 7) is 2.01. The van der Waals surface area contributed by atoms with Crippen molar-refractivity contribution in [2.75, 3.05) is 24.8 Å². The molecule has 1 aromatic rings. The third kappa shape index (κ3) is 3.55. The van der Waals surface area contributed by atoms with E-state index in [-0.39, 0.29) is 24.6 Å². The van der Waals surface area contributed by atoms with Crippen molar-refractivity contribution in [2.24, 2.45) is 0 Å². The lowest BCUT2D eigenvalue weighted by molar-refractivity contribution is 0.282. The molecule has 0 aliphatic heterocycles. The first-order valence-corrected chi connectivity index (χ1v) is 4.58. The zero-order valence-electron chi connectivity index (χ0n) is 8.77. The van der Waals surface area contributed by atoms with Crippen LogP contribution in [0.4, 0.5) is 11.9 Å². The Bertz CT molecular complexity index is 320. The predicted octanol–water partition coefficient (Wildman–Crippen LogP) is -0.355. The number of methoxy groups -OCH3 is 1. The number of aliphatic hydroxyl groups is 1. The molecule has 0 amide bonds. The first-order chi connectivity index (χ1) is 7.15. The molecular weight excluding hydrogens is 198 g/mol. The third-order valence-corrected chi connectivity index (χ3v) is 1.75. The number of aliphatic hydroxyl groups excluding tert-OH is 1. The average molecular weight is 213 g/mol. The Balaban J connectivity index is 2.71. The topological polar surface area (TPSA) is 106 Å². The lowest BCUT2D eigenvalue weighted by Crippen LogP contribution is -2.19. The number of hydrogen-bond donors (Lipinski definition) is 3. The van der Waals surface area contributed by atoms with Gasteiger partial charge in [0.05, 0.1) is 7.11 Å². The van der Waals surface area contributed by atoms with Gasteiger partial charge in [0.2, 0.25) is 11.9 Å². The van der Waals surface area contributed by atoms with Crippen LogP contribution >= 0.6 is 0 Å². The van der Waals surface area contributed by atoms with Crippen molar-refractivity contribution >= 4 is 11.9 Å². The molecule has 0 spiro atoms. The summed E-state index contributed by atoms with van der Waals surface area (Å²) in [5.41, 5.74) is 5.45. The quantitative estimate of drug-likeness (QED) is 0.613. The zero-order chi connectivity index (χ0) is 11.3. The molecule has 4 N–H and O–H groups in total. The zero-order valence-corrected chi connectivity index (χ0v) is 8.77. The van der Waals surface area contributed by atoms with Crippen LogP contribution in [0.15, 0.2) is 0 Å². The molecule has 0 saturated carbocycles. The molecule has 0 aliphatic rings. The largest absolute Gasteiger partial charge is 0.467 e. The first kappa shape index (κ1) is 11.4. The molecule has 1 rings (SSSR count). The smallest absolute Gasteiger partial charge is 0.322 e. The number of ether oxygens (including phenoxy) is 1. The van der Waals surface area contributed by atoms with Gasteiger partial charge in [0.25, 0.3) is 0 Å². The van der Waals surface area contributed by atoms with E-state index < -0.39 is 0 Å². The molecule has 1 aromatic heterocycles. The predicted molar refractivity (Wildman–Crippen MR) is 55.6 cm³/mol. The van der Waals surface area contributed by atoms with Crippen molar-refractivity contribution in [3.8, 4) is 6.01 Å². The van der Waals surface area contributed by atoms with Crippen LogP contribution in [0.5, 0.6) is 6.01 Å². The van der Waals surface area contributed by atoms with Crippen molar-refractivity contribution in [3.05, 3.63) is 0 Å². The monoisotopic (exact) mass is 213 g/mol. The summed E-state index contributed by atoms with van der Waals surface area (Å²) in [5.74, 6) is 0.445. The second-order valence-corrected chi connectivity index (χ2v) is 3.06. The molecule has 0 bridgehead atoms. The Kier molecular flexibility index (Phi) is 4.04. The lowest BCUT2D eigenvalue weighted by atomic mass is 10.2. The highest BCUT2D eigenvalue weighted by Gasteiger charge is 2.07. The Morgan fingerprint density at radius 3 is 2.80 bits per heavy atom. The van der Waals surface area contributed by atoms with Crippen LogP contribution in [-0.2, 0) is 0 Å². The van der Waals surface area contributed by atoms with E-state index in [0.29, 0.717) is 12.4 Å². The number of rotatable bonds is 5. The molecule has 0 saturated heterocycles. The van der Waals surface area contributed by atoms with E-state index in [1.165, 1.54) is 7.11 Å².